The molecule has 0 fully saturated rings. The monoisotopic (exact) mass is 444 g/mol. The highest BCUT2D eigenvalue weighted by atomic mass is 16.5. The molecule has 0 saturated heterocycles. The fraction of sp³-hybridized carbons (Fsp3) is 0.276. The zero-order chi connectivity index (χ0) is 24.0. The zero-order valence-electron chi connectivity index (χ0n) is 20.3. The van der Waals surface area contributed by atoms with E-state index < -0.39 is 5.41 Å². The molecule has 0 N–H and O–H groups in total. The highest BCUT2D eigenvalue weighted by molar-refractivity contribution is 6.05. The smallest absolute Gasteiger partial charge is 0.142 e. The van der Waals surface area contributed by atoms with Crippen molar-refractivity contribution >= 4 is 16.9 Å². The van der Waals surface area contributed by atoms with Gasteiger partial charge in [-0.1, -0.05) is 57.2 Å². The molecule has 3 rings (SSSR count). The van der Waals surface area contributed by atoms with E-state index in [0.717, 1.165) is 45.1 Å². The van der Waals surface area contributed by atoms with Gasteiger partial charge in [0, 0.05) is 11.8 Å². The quantitative estimate of drug-likeness (QED) is 0.364. The maximum absolute atomic E-state index is 13.2. The second-order valence-corrected chi connectivity index (χ2v) is 8.89. The molecule has 0 unspecified atom stereocenters. The Morgan fingerprint density at radius 2 is 0.939 bits per heavy atom. The van der Waals surface area contributed by atoms with Gasteiger partial charge < -0.3 is 14.2 Å². The Hall–Kier alpha value is -3.53. The van der Waals surface area contributed by atoms with Gasteiger partial charge in [-0.25, -0.2) is 0 Å². The van der Waals surface area contributed by atoms with E-state index >= 15 is 0 Å². The molecule has 0 saturated carbocycles. The molecule has 0 bridgehead atoms. The lowest BCUT2D eigenvalue weighted by atomic mass is 9.81. The molecule has 0 aliphatic rings. The van der Waals surface area contributed by atoms with Gasteiger partial charge in [0.1, 0.15) is 23.0 Å². The van der Waals surface area contributed by atoms with Crippen LogP contribution in [0, 0.1) is 5.41 Å². The minimum absolute atomic E-state index is 0.174. The molecule has 4 heteroatoms. The van der Waals surface area contributed by atoms with Crippen LogP contribution in [0.15, 0.2) is 72.8 Å². The van der Waals surface area contributed by atoms with Crippen molar-refractivity contribution in [2.24, 2.45) is 5.41 Å². The molecule has 0 aliphatic carbocycles. The van der Waals surface area contributed by atoms with Gasteiger partial charge in [-0.2, -0.15) is 0 Å². The average molecular weight is 445 g/mol. The van der Waals surface area contributed by atoms with Crippen molar-refractivity contribution in [3.63, 3.8) is 0 Å². The highest BCUT2D eigenvalue weighted by Gasteiger charge is 2.25. The van der Waals surface area contributed by atoms with E-state index in [0.29, 0.717) is 6.42 Å². The van der Waals surface area contributed by atoms with Crippen molar-refractivity contribution in [1.29, 1.82) is 0 Å². The van der Waals surface area contributed by atoms with Gasteiger partial charge in [-0.3, -0.25) is 4.79 Å². The van der Waals surface area contributed by atoms with Gasteiger partial charge >= 0.3 is 0 Å². The third-order valence-electron chi connectivity index (χ3n) is 5.67. The number of benzene rings is 3. The molecule has 4 nitrogen and oxygen atoms in total. The van der Waals surface area contributed by atoms with Gasteiger partial charge in [-0.15, -0.1) is 0 Å². The fourth-order valence-corrected chi connectivity index (χ4v) is 3.58. The van der Waals surface area contributed by atoms with Crippen LogP contribution in [0.2, 0.25) is 0 Å². The predicted molar refractivity (Wildman–Crippen MR) is 134 cm³/mol. The lowest BCUT2D eigenvalue weighted by molar-refractivity contribution is -0.125. The molecular weight excluding hydrogens is 412 g/mol. The Morgan fingerprint density at radius 1 is 0.606 bits per heavy atom. The summed E-state index contributed by atoms with van der Waals surface area (Å²) < 4.78 is 16.1. The van der Waals surface area contributed by atoms with Crippen LogP contribution in [0.5, 0.6) is 17.2 Å². The summed E-state index contributed by atoms with van der Waals surface area (Å²) in [7, 11) is 4.95. The number of ether oxygens (including phenoxy) is 3. The van der Waals surface area contributed by atoms with Crippen molar-refractivity contribution in [1.82, 2.24) is 0 Å². The van der Waals surface area contributed by atoms with Gasteiger partial charge in [0.2, 0.25) is 0 Å². The van der Waals surface area contributed by atoms with Crippen LogP contribution in [-0.2, 0) is 4.79 Å². The number of Topliss-reactive ketones (excluding diaryl/α,β-unsaturated/α-hetero) is 1. The molecule has 0 aromatic heterocycles. The summed E-state index contributed by atoms with van der Waals surface area (Å²) in [5.41, 5.74) is 4.51. The van der Waals surface area contributed by atoms with Crippen LogP contribution in [0.3, 0.4) is 0 Å². The van der Waals surface area contributed by atoms with E-state index in [4.69, 9.17) is 14.2 Å². The number of carbonyl (C=O) groups is 1. The van der Waals surface area contributed by atoms with Crippen molar-refractivity contribution in [2.45, 2.75) is 27.2 Å². The molecule has 0 spiro atoms. The lowest BCUT2D eigenvalue weighted by Gasteiger charge is -2.22. The van der Waals surface area contributed by atoms with E-state index in [9.17, 15) is 4.79 Å². The van der Waals surface area contributed by atoms with Crippen LogP contribution in [0.25, 0.3) is 11.1 Å². The number of methoxy groups -OCH3 is 3. The third kappa shape index (κ3) is 5.83. The largest absolute Gasteiger partial charge is 0.497 e. The number of allylic oxidation sites excluding steroid dienone is 1. The van der Waals surface area contributed by atoms with Crippen molar-refractivity contribution in [3.05, 3.63) is 89.5 Å². The SMILES string of the molecule is COc1ccc(C(CC(=O)C(C)(C)C)=C(c2ccc(OC)cc2)c2ccc(OC)cc2)cc1. The van der Waals surface area contributed by atoms with Crippen LogP contribution in [0.4, 0.5) is 0 Å². The lowest BCUT2D eigenvalue weighted by Crippen LogP contribution is -2.20. The Balaban J connectivity index is 2.29. The van der Waals surface area contributed by atoms with Gasteiger partial charge in [0.15, 0.2) is 0 Å². The highest BCUT2D eigenvalue weighted by Crippen LogP contribution is 2.38. The number of ketones is 1. The van der Waals surface area contributed by atoms with Gasteiger partial charge in [-0.05, 0) is 64.2 Å². The summed E-state index contributed by atoms with van der Waals surface area (Å²) >= 11 is 0. The topological polar surface area (TPSA) is 44.8 Å². The summed E-state index contributed by atoms with van der Waals surface area (Å²) in [6, 6.07) is 23.8. The Bertz CT molecular complexity index is 1050. The molecule has 172 valence electrons. The van der Waals surface area contributed by atoms with Crippen LogP contribution in [0.1, 0.15) is 43.9 Å². The van der Waals surface area contributed by atoms with Gasteiger partial charge in [0.25, 0.3) is 0 Å². The zero-order valence-corrected chi connectivity index (χ0v) is 20.3. The van der Waals surface area contributed by atoms with E-state index in [-0.39, 0.29) is 5.78 Å². The summed E-state index contributed by atoms with van der Waals surface area (Å²) in [6.45, 7) is 5.88. The van der Waals surface area contributed by atoms with Crippen LogP contribution >= 0.6 is 0 Å². The maximum atomic E-state index is 13.2. The molecule has 0 radical (unpaired) electrons. The molecule has 0 amide bonds. The summed E-state index contributed by atoms with van der Waals surface area (Å²) in [6.07, 6.45) is 0.309. The van der Waals surface area contributed by atoms with Crippen molar-refractivity contribution in [2.75, 3.05) is 21.3 Å². The second-order valence-electron chi connectivity index (χ2n) is 8.89. The number of rotatable bonds is 8. The average Bonchev–Trinajstić information content (AvgIpc) is 2.83. The molecule has 0 atom stereocenters. The molecule has 33 heavy (non-hydrogen) atoms. The third-order valence-corrected chi connectivity index (χ3v) is 5.67. The molecule has 0 heterocycles. The Labute approximate surface area is 196 Å². The van der Waals surface area contributed by atoms with Crippen molar-refractivity contribution in [3.8, 4) is 17.2 Å². The Morgan fingerprint density at radius 3 is 1.24 bits per heavy atom. The van der Waals surface area contributed by atoms with Gasteiger partial charge in [0.05, 0.1) is 21.3 Å². The molecular formula is C29H32O4. The number of hydrogen-bond acceptors (Lipinski definition) is 4. The van der Waals surface area contributed by atoms with E-state index in [2.05, 4.69) is 0 Å². The van der Waals surface area contributed by atoms with Crippen LogP contribution < -0.4 is 14.2 Å². The first-order chi connectivity index (χ1) is 15.8. The number of carbonyl (C=O) groups excluding carboxylic acids is 1. The van der Waals surface area contributed by atoms with Crippen molar-refractivity contribution < 1.29 is 19.0 Å². The summed E-state index contributed by atoms with van der Waals surface area (Å²) in [4.78, 5) is 13.2. The predicted octanol–water partition coefficient (Wildman–Crippen LogP) is 6.68. The number of hydrogen-bond donors (Lipinski definition) is 0. The maximum Gasteiger partial charge on any atom is 0.142 e. The minimum atomic E-state index is -0.456. The molecule has 3 aromatic rings. The Kier molecular flexibility index (Phi) is 7.59. The minimum Gasteiger partial charge on any atom is -0.497 e. The summed E-state index contributed by atoms with van der Waals surface area (Å²) in [5.74, 6) is 2.51. The fourth-order valence-electron chi connectivity index (χ4n) is 3.58. The van der Waals surface area contributed by atoms with E-state index in [1.165, 1.54) is 0 Å². The summed E-state index contributed by atoms with van der Waals surface area (Å²) in [5, 5.41) is 0. The second kappa shape index (κ2) is 10.4. The van der Waals surface area contributed by atoms with E-state index in [1.807, 2.05) is 93.6 Å². The first-order valence-electron chi connectivity index (χ1n) is 11.0. The first kappa shape index (κ1) is 24.1. The first-order valence-corrected chi connectivity index (χ1v) is 11.0. The molecule has 3 aromatic carbocycles. The van der Waals surface area contributed by atoms with Crippen LogP contribution in [-0.4, -0.2) is 27.1 Å². The van der Waals surface area contributed by atoms with E-state index in [1.54, 1.807) is 21.3 Å². The normalized spacial score (nSPS) is 11.0. The standard InChI is InChI=1S/C29H32O4/c1-29(2,3)27(30)19-26(20-7-13-23(31-4)14-8-20)28(21-9-15-24(32-5)16-10-21)22-11-17-25(33-6)18-12-22/h7-18H,19H2,1-6H3. The molecule has 0 aliphatic heterocycles.